The summed E-state index contributed by atoms with van der Waals surface area (Å²) in [5, 5.41) is 12.1. The molecule has 194 valence electrons. The number of pyridine rings is 1. The van der Waals surface area contributed by atoms with Gasteiger partial charge in [-0.1, -0.05) is 31.8 Å². The second-order valence-corrected chi connectivity index (χ2v) is 16.9. The quantitative estimate of drug-likeness (QED) is 0.250. The zero-order valence-electron chi connectivity index (χ0n) is 20.8. The van der Waals surface area contributed by atoms with Gasteiger partial charge in [-0.05, 0) is 75.1 Å². The van der Waals surface area contributed by atoms with E-state index in [2.05, 4.69) is 56.1 Å². The zero-order valence-corrected chi connectivity index (χ0v) is 23.3. The number of ether oxygens (including phenoxy) is 1. The lowest BCUT2D eigenvalue weighted by Gasteiger charge is -2.42. The molecule has 0 aliphatic carbocycles. The molecule has 0 bridgehead atoms. The number of hydrogen-bond acceptors (Lipinski definition) is 6. The molecule has 2 atom stereocenters. The van der Waals surface area contributed by atoms with Crippen molar-refractivity contribution < 1.29 is 17.9 Å². The largest absolute Gasteiger partial charge is 0.401 e. The Balaban J connectivity index is 1.64. The molecule has 0 N–H and O–H groups in total. The maximum Gasteiger partial charge on any atom is 0.401 e. The molecule has 4 rings (SSSR count). The number of benzene rings is 1. The van der Waals surface area contributed by atoms with Gasteiger partial charge in [-0.25, -0.2) is 0 Å². The molecule has 1 aromatic carbocycles. The lowest BCUT2D eigenvalue weighted by molar-refractivity contribution is -0.155. The van der Waals surface area contributed by atoms with Crippen molar-refractivity contribution in [3.63, 3.8) is 0 Å². The van der Waals surface area contributed by atoms with E-state index in [4.69, 9.17) is 4.74 Å². The summed E-state index contributed by atoms with van der Waals surface area (Å²) in [5.74, 6) is 0.564. The Kier molecular flexibility index (Phi) is 7.98. The molecule has 7 nitrogen and oxygen atoms in total. The summed E-state index contributed by atoms with van der Waals surface area (Å²) in [5.41, 5.74) is 3.14. The highest BCUT2D eigenvalue weighted by molar-refractivity contribution is 9.10. The van der Waals surface area contributed by atoms with Crippen LogP contribution in [0.3, 0.4) is 0 Å². The molecule has 36 heavy (non-hydrogen) atoms. The summed E-state index contributed by atoms with van der Waals surface area (Å²) >= 11 is 3.36. The van der Waals surface area contributed by atoms with Crippen molar-refractivity contribution >= 4 is 24.0 Å². The maximum absolute atomic E-state index is 13.5. The van der Waals surface area contributed by atoms with Crippen molar-refractivity contribution in [1.29, 1.82) is 0 Å². The first-order valence-corrected chi connectivity index (χ1v) is 16.3. The van der Waals surface area contributed by atoms with Gasteiger partial charge in [-0.2, -0.15) is 17.9 Å². The Hall–Kier alpha value is -2.15. The van der Waals surface area contributed by atoms with E-state index >= 15 is 0 Å². The van der Waals surface area contributed by atoms with E-state index in [9.17, 15) is 13.2 Å². The number of nitrogens with zero attached hydrogens (tertiary/aromatic N) is 6. The average Bonchev–Trinajstić information content (AvgIpc) is 3.25. The lowest BCUT2D eigenvalue weighted by atomic mass is 9.85. The van der Waals surface area contributed by atoms with E-state index in [0.717, 1.165) is 27.2 Å². The molecule has 0 amide bonds. The van der Waals surface area contributed by atoms with Gasteiger partial charge in [0.15, 0.2) is 5.82 Å². The second kappa shape index (κ2) is 10.7. The van der Waals surface area contributed by atoms with Crippen LogP contribution in [-0.4, -0.2) is 63.5 Å². The zero-order chi connectivity index (χ0) is 26.1. The molecular weight excluding hydrogens is 553 g/mol. The highest BCUT2D eigenvalue weighted by atomic mass is 79.9. The third-order valence-electron chi connectivity index (χ3n) is 6.24. The van der Waals surface area contributed by atoms with Crippen molar-refractivity contribution in [2.24, 2.45) is 0 Å². The van der Waals surface area contributed by atoms with Crippen molar-refractivity contribution in [2.45, 2.75) is 64.0 Å². The number of hydrogen-bond donors (Lipinski definition) is 0. The highest BCUT2D eigenvalue weighted by Gasteiger charge is 2.41. The fraction of sp³-hybridized carbons (Fsp3) is 0.500. The molecule has 0 saturated heterocycles. The van der Waals surface area contributed by atoms with Crippen LogP contribution >= 0.6 is 15.9 Å². The SMILES string of the molecule is C[C@@H]1Cc2cc(-c3nnnn3COCC[Si](C)(C)C)ccc2[C@@H](c2ccc(Br)cn2)N1CC(F)(F)F. The van der Waals surface area contributed by atoms with Gasteiger partial charge < -0.3 is 4.74 Å². The van der Waals surface area contributed by atoms with Gasteiger partial charge in [0, 0.05) is 37.0 Å². The summed E-state index contributed by atoms with van der Waals surface area (Å²) < 4.78 is 48.8. The van der Waals surface area contributed by atoms with E-state index in [-0.39, 0.29) is 12.8 Å². The average molecular weight is 584 g/mol. The molecular formula is C24H30BrF3N6OSi. The molecule has 0 fully saturated rings. The van der Waals surface area contributed by atoms with Crippen LogP contribution in [0, 0.1) is 0 Å². The number of tetrazole rings is 1. The van der Waals surface area contributed by atoms with Crippen LogP contribution in [0.2, 0.25) is 25.7 Å². The molecule has 0 saturated carbocycles. The monoisotopic (exact) mass is 582 g/mol. The molecule has 3 aromatic rings. The molecule has 0 unspecified atom stereocenters. The summed E-state index contributed by atoms with van der Waals surface area (Å²) in [4.78, 5) is 5.94. The summed E-state index contributed by atoms with van der Waals surface area (Å²) in [6, 6.07) is 9.37. The first-order valence-electron chi connectivity index (χ1n) is 11.8. The van der Waals surface area contributed by atoms with Crippen molar-refractivity contribution in [3.8, 4) is 11.4 Å². The predicted molar refractivity (Wildman–Crippen MR) is 137 cm³/mol. The predicted octanol–water partition coefficient (Wildman–Crippen LogP) is 5.71. The normalized spacial score (nSPS) is 18.9. The van der Waals surface area contributed by atoms with Gasteiger partial charge in [0.2, 0.25) is 0 Å². The van der Waals surface area contributed by atoms with Crippen LogP contribution in [0.5, 0.6) is 0 Å². The van der Waals surface area contributed by atoms with Crippen LogP contribution < -0.4 is 0 Å². The van der Waals surface area contributed by atoms with Crippen molar-refractivity contribution in [1.82, 2.24) is 30.1 Å². The smallest absolute Gasteiger partial charge is 0.359 e. The maximum atomic E-state index is 13.5. The van der Waals surface area contributed by atoms with Gasteiger partial charge in [-0.3, -0.25) is 9.88 Å². The fourth-order valence-electron chi connectivity index (χ4n) is 4.42. The summed E-state index contributed by atoms with van der Waals surface area (Å²) in [6.07, 6.45) is -2.23. The number of fused-ring (bicyclic) bond motifs is 1. The molecule has 1 aliphatic rings. The number of alkyl halides is 3. The first-order chi connectivity index (χ1) is 16.9. The Morgan fingerprint density at radius 2 is 1.94 bits per heavy atom. The van der Waals surface area contributed by atoms with Crippen molar-refractivity contribution in [2.75, 3.05) is 13.2 Å². The van der Waals surface area contributed by atoms with E-state index in [0.29, 0.717) is 24.5 Å². The van der Waals surface area contributed by atoms with Crippen molar-refractivity contribution in [3.05, 3.63) is 57.8 Å². The molecule has 3 heterocycles. The van der Waals surface area contributed by atoms with Gasteiger partial charge in [0.1, 0.15) is 6.73 Å². The van der Waals surface area contributed by atoms with Gasteiger partial charge in [0.25, 0.3) is 0 Å². The third-order valence-corrected chi connectivity index (χ3v) is 8.42. The van der Waals surface area contributed by atoms with Gasteiger partial charge in [0.05, 0.1) is 18.3 Å². The Bertz CT molecular complexity index is 1180. The number of halogens is 4. The Labute approximate surface area is 218 Å². The fourth-order valence-corrected chi connectivity index (χ4v) is 5.41. The van der Waals surface area contributed by atoms with E-state index < -0.39 is 26.8 Å². The van der Waals surface area contributed by atoms with E-state index in [1.807, 2.05) is 25.1 Å². The Morgan fingerprint density at radius 1 is 1.17 bits per heavy atom. The van der Waals surface area contributed by atoms with Crippen LogP contribution in [-0.2, 0) is 17.9 Å². The topological polar surface area (TPSA) is 69.0 Å². The summed E-state index contributed by atoms with van der Waals surface area (Å²) in [7, 11) is -1.21. The standard InChI is InChI=1S/C24H30BrF3N6OSi/c1-16-11-18-12-17(23-30-31-32-34(23)15-35-9-10-36(2,3)4)5-7-20(18)22(33(16)14-24(26,27)28)21-8-6-19(25)13-29-21/h5-8,12-13,16,22H,9-11,14-15H2,1-4H3/t16-,22+/m1/s1. The molecule has 0 radical (unpaired) electrons. The third kappa shape index (κ3) is 6.58. The minimum absolute atomic E-state index is 0.241. The van der Waals surface area contributed by atoms with Gasteiger partial charge >= 0.3 is 6.18 Å². The second-order valence-electron chi connectivity index (χ2n) is 10.4. The van der Waals surface area contributed by atoms with Crippen LogP contribution in [0.25, 0.3) is 11.4 Å². The minimum atomic E-state index is -4.32. The number of aromatic nitrogens is 5. The van der Waals surface area contributed by atoms with E-state index in [1.165, 1.54) is 4.90 Å². The minimum Gasteiger partial charge on any atom is -0.359 e. The van der Waals surface area contributed by atoms with Gasteiger partial charge in [-0.15, -0.1) is 5.10 Å². The van der Waals surface area contributed by atoms with Crippen LogP contribution in [0.15, 0.2) is 41.0 Å². The highest BCUT2D eigenvalue weighted by Crippen LogP contribution is 2.40. The first kappa shape index (κ1) is 26.9. The lowest BCUT2D eigenvalue weighted by Crippen LogP contribution is -2.47. The van der Waals surface area contributed by atoms with E-state index in [1.54, 1.807) is 23.0 Å². The molecule has 1 aliphatic heterocycles. The molecule has 0 spiro atoms. The van der Waals surface area contributed by atoms with Crippen LogP contribution in [0.1, 0.15) is 29.8 Å². The molecule has 2 aromatic heterocycles. The van der Waals surface area contributed by atoms with Crippen LogP contribution in [0.4, 0.5) is 13.2 Å². The Morgan fingerprint density at radius 3 is 2.61 bits per heavy atom. The number of rotatable bonds is 8. The molecule has 12 heteroatoms. The summed E-state index contributed by atoms with van der Waals surface area (Å²) in [6.45, 7) is 8.58.